The Hall–Kier alpha value is -2.92. The van der Waals surface area contributed by atoms with E-state index in [1.807, 2.05) is 0 Å². The molecule has 6 nitrogen and oxygen atoms in total. The van der Waals surface area contributed by atoms with Crippen molar-refractivity contribution >= 4 is 34.1 Å². The van der Waals surface area contributed by atoms with Gasteiger partial charge in [0.2, 0.25) is 0 Å². The van der Waals surface area contributed by atoms with Crippen molar-refractivity contribution in [3.8, 4) is 11.3 Å². The first kappa shape index (κ1) is 20.8. The van der Waals surface area contributed by atoms with Gasteiger partial charge >= 0.3 is 5.51 Å². The molecular weight excluding hydrogens is 427 g/mol. The fourth-order valence-corrected chi connectivity index (χ4v) is 3.37. The van der Waals surface area contributed by atoms with Crippen LogP contribution in [0.5, 0.6) is 0 Å². The maximum atomic E-state index is 12.6. The van der Waals surface area contributed by atoms with Crippen molar-refractivity contribution in [1.29, 1.82) is 0 Å². The molecule has 0 radical (unpaired) electrons. The second-order valence-corrected chi connectivity index (χ2v) is 8.15. The van der Waals surface area contributed by atoms with Crippen LogP contribution in [0.4, 0.5) is 18.9 Å². The second-order valence-electron chi connectivity index (χ2n) is 5.73. The number of nitrogens with zero attached hydrogens (tertiary/aromatic N) is 2. The van der Waals surface area contributed by atoms with Crippen molar-refractivity contribution in [3.63, 3.8) is 0 Å². The lowest BCUT2D eigenvalue weighted by molar-refractivity contribution is -0.0436. The molecule has 0 fully saturated rings. The van der Waals surface area contributed by atoms with Crippen molar-refractivity contribution in [2.45, 2.75) is 15.3 Å². The number of carbonyl (C=O) groups is 1. The summed E-state index contributed by atoms with van der Waals surface area (Å²) in [4.78, 5) is 20.2. The minimum Gasteiger partial charge on any atom is -0.321 e. The average Bonchev–Trinajstić information content (AvgIpc) is 2.68. The van der Waals surface area contributed by atoms with E-state index in [0.717, 1.165) is 24.3 Å². The second kappa shape index (κ2) is 7.84. The van der Waals surface area contributed by atoms with Crippen molar-refractivity contribution in [1.82, 2.24) is 9.97 Å². The number of pyridine rings is 2. The molecule has 0 bridgehead atoms. The molecule has 11 heteroatoms. The maximum Gasteiger partial charge on any atom is 0.501 e. The first-order chi connectivity index (χ1) is 13.6. The predicted octanol–water partition coefficient (Wildman–Crippen LogP) is 3.98. The quantitative estimate of drug-likeness (QED) is 0.601. The molecule has 3 aromatic rings. The van der Waals surface area contributed by atoms with Gasteiger partial charge in [0.05, 0.1) is 10.6 Å². The minimum atomic E-state index is -5.45. The number of carbonyl (C=O) groups excluding carboxylic acids is 1. The molecule has 150 valence electrons. The fraction of sp³-hybridized carbons (Fsp3) is 0.0556. The monoisotopic (exact) mass is 439 g/mol. The number of thiol groups is 1. The van der Waals surface area contributed by atoms with E-state index in [2.05, 4.69) is 27.9 Å². The molecular formula is C18H12F3N3O3S2. The van der Waals surface area contributed by atoms with Gasteiger partial charge in [-0.05, 0) is 48.5 Å². The van der Waals surface area contributed by atoms with Gasteiger partial charge in [0, 0.05) is 28.5 Å². The molecule has 0 unspecified atom stereocenters. The number of amides is 1. The maximum absolute atomic E-state index is 12.6. The summed E-state index contributed by atoms with van der Waals surface area (Å²) in [6.45, 7) is 0. The van der Waals surface area contributed by atoms with Crippen LogP contribution in [0.2, 0.25) is 0 Å². The highest BCUT2D eigenvalue weighted by Gasteiger charge is 2.46. The predicted molar refractivity (Wildman–Crippen MR) is 102 cm³/mol. The molecule has 2 heterocycles. The van der Waals surface area contributed by atoms with E-state index < -0.39 is 26.1 Å². The summed E-state index contributed by atoms with van der Waals surface area (Å²) in [5.41, 5.74) is -3.99. The Labute approximate surface area is 169 Å². The van der Waals surface area contributed by atoms with Gasteiger partial charge in [-0.2, -0.15) is 13.2 Å². The molecule has 1 amide bonds. The number of aromatic nitrogens is 2. The van der Waals surface area contributed by atoms with Crippen molar-refractivity contribution in [2.24, 2.45) is 0 Å². The zero-order valence-corrected chi connectivity index (χ0v) is 16.1. The number of hydrogen-bond donors (Lipinski definition) is 2. The lowest BCUT2D eigenvalue weighted by Crippen LogP contribution is -2.23. The van der Waals surface area contributed by atoms with Gasteiger partial charge in [0.25, 0.3) is 15.7 Å². The van der Waals surface area contributed by atoms with Gasteiger partial charge < -0.3 is 5.32 Å². The van der Waals surface area contributed by atoms with Crippen LogP contribution < -0.4 is 5.32 Å². The molecule has 2 aromatic heterocycles. The van der Waals surface area contributed by atoms with Crippen LogP contribution in [0.15, 0.2) is 70.7 Å². The van der Waals surface area contributed by atoms with Crippen LogP contribution in [0.1, 0.15) is 10.5 Å². The number of alkyl halides is 3. The highest BCUT2D eigenvalue weighted by molar-refractivity contribution is 7.92. The van der Waals surface area contributed by atoms with Crippen LogP contribution in [0.3, 0.4) is 0 Å². The van der Waals surface area contributed by atoms with E-state index in [9.17, 15) is 26.4 Å². The van der Waals surface area contributed by atoms with E-state index >= 15 is 0 Å². The summed E-state index contributed by atoms with van der Waals surface area (Å²) in [6, 6.07) is 10.2. The van der Waals surface area contributed by atoms with Crippen molar-refractivity contribution in [3.05, 3.63) is 66.6 Å². The number of sulfone groups is 1. The molecule has 0 aliphatic rings. The lowest BCUT2D eigenvalue weighted by atomic mass is 10.1. The van der Waals surface area contributed by atoms with E-state index in [4.69, 9.17) is 0 Å². The zero-order chi connectivity index (χ0) is 21.2. The third-order valence-electron chi connectivity index (χ3n) is 3.78. The Morgan fingerprint density at radius 2 is 1.69 bits per heavy atom. The SMILES string of the molecule is O=C(Nc1ccc(S(=O)(=O)C(F)(F)F)cc1)c1ccc(-c2ncccc2S)cn1. The van der Waals surface area contributed by atoms with E-state index in [-0.39, 0.29) is 11.4 Å². The smallest absolute Gasteiger partial charge is 0.321 e. The third kappa shape index (κ3) is 4.40. The number of nitrogens with one attached hydrogen (secondary N) is 1. The van der Waals surface area contributed by atoms with Gasteiger partial charge in [-0.3, -0.25) is 14.8 Å². The largest absolute Gasteiger partial charge is 0.501 e. The summed E-state index contributed by atoms with van der Waals surface area (Å²) < 4.78 is 60.4. The van der Waals surface area contributed by atoms with Gasteiger partial charge in [-0.15, -0.1) is 12.6 Å². The molecule has 0 aliphatic carbocycles. The Morgan fingerprint density at radius 1 is 1.00 bits per heavy atom. The average molecular weight is 439 g/mol. The molecule has 3 rings (SSSR count). The molecule has 0 spiro atoms. The van der Waals surface area contributed by atoms with Crippen LogP contribution >= 0.6 is 12.6 Å². The highest BCUT2D eigenvalue weighted by atomic mass is 32.2. The van der Waals surface area contributed by atoms with Gasteiger partial charge in [-0.25, -0.2) is 8.42 Å². The summed E-state index contributed by atoms with van der Waals surface area (Å²) in [5, 5.41) is 2.44. The Bertz CT molecular complexity index is 1150. The van der Waals surface area contributed by atoms with Crippen molar-refractivity contribution < 1.29 is 26.4 Å². The first-order valence-electron chi connectivity index (χ1n) is 7.93. The number of hydrogen-bond acceptors (Lipinski definition) is 6. The summed E-state index contributed by atoms with van der Waals surface area (Å²) >= 11 is 4.31. The van der Waals surface area contributed by atoms with Gasteiger partial charge in [0.15, 0.2) is 0 Å². The van der Waals surface area contributed by atoms with Gasteiger partial charge in [0.1, 0.15) is 5.69 Å². The number of halogens is 3. The van der Waals surface area contributed by atoms with E-state index in [0.29, 0.717) is 16.2 Å². The number of rotatable bonds is 4. The first-order valence-corrected chi connectivity index (χ1v) is 9.86. The van der Waals surface area contributed by atoms with Crippen molar-refractivity contribution in [2.75, 3.05) is 5.32 Å². The third-order valence-corrected chi connectivity index (χ3v) is 5.65. The van der Waals surface area contributed by atoms with Crippen LogP contribution in [0.25, 0.3) is 11.3 Å². The highest BCUT2D eigenvalue weighted by Crippen LogP contribution is 2.30. The summed E-state index contributed by atoms with van der Waals surface area (Å²) in [5.74, 6) is -0.616. The van der Waals surface area contributed by atoms with Crippen LogP contribution in [-0.4, -0.2) is 29.8 Å². The topological polar surface area (TPSA) is 89.0 Å². The zero-order valence-electron chi connectivity index (χ0n) is 14.4. The molecule has 29 heavy (non-hydrogen) atoms. The number of anilines is 1. The molecule has 0 aliphatic heterocycles. The summed E-state index contributed by atoms with van der Waals surface area (Å²) in [6.07, 6.45) is 3.04. The lowest BCUT2D eigenvalue weighted by Gasteiger charge is -2.09. The van der Waals surface area contributed by atoms with Crippen LogP contribution in [-0.2, 0) is 9.84 Å². The van der Waals surface area contributed by atoms with Crippen LogP contribution in [0, 0.1) is 0 Å². The molecule has 1 aromatic carbocycles. The fourth-order valence-electron chi connectivity index (χ4n) is 2.33. The van der Waals surface area contributed by atoms with Gasteiger partial charge in [-0.1, -0.05) is 0 Å². The number of benzene rings is 1. The molecule has 0 atom stereocenters. The Morgan fingerprint density at radius 3 is 2.24 bits per heavy atom. The molecule has 1 N–H and O–H groups in total. The Kier molecular flexibility index (Phi) is 5.62. The normalized spacial score (nSPS) is 11.9. The van der Waals surface area contributed by atoms with E-state index in [1.54, 1.807) is 24.4 Å². The summed E-state index contributed by atoms with van der Waals surface area (Å²) in [7, 11) is -5.45. The molecule has 0 saturated carbocycles. The molecule has 0 saturated heterocycles. The Balaban J connectivity index is 1.75. The minimum absolute atomic E-state index is 0.0531. The standard InChI is InChI=1S/C18H12F3N3O3S2/c19-18(20,21)29(26,27)13-6-4-12(5-7-13)24-17(25)14-8-3-11(10-23-14)16-15(28)2-1-9-22-16/h1-10,28H,(H,24,25). The van der Waals surface area contributed by atoms with E-state index in [1.165, 1.54) is 12.3 Å².